The minimum Gasteiger partial charge on any atom is -0.0616 e. The lowest BCUT2D eigenvalue weighted by Gasteiger charge is -2.25. The van der Waals surface area contributed by atoms with Crippen molar-refractivity contribution < 1.29 is 0 Å². The van der Waals surface area contributed by atoms with E-state index in [9.17, 15) is 0 Å². The van der Waals surface area contributed by atoms with Gasteiger partial charge in [-0.15, -0.1) is 0 Å². The Morgan fingerprint density at radius 3 is 1.57 bits per heavy atom. The van der Waals surface area contributed by atoms with Crippen LogP contribution in [0.5, 0.6) is 0 Å². The number of hydrogen-bond donors (Lipinski definition) is 0. The second-order valence-electron chi connectivity index (χ2n) is 14.7. The fraction of sp³-hybridized carbons (Fsp3) is 0.227. The molecule has 0 atom stereocenters. The van der Waals surface area contributed by atoms with Gasteiger partial charge in [0.05, 0.1) is 0 Å². The molecule has 0 N–H and O–H groups in total. The number of benzene rings is 7. The van der Waals surface area contributed by atoms with Gasteiger partial charge in [0.25, 0.3) is 0 Å². The van der Waals surface area contributed by atoms with E-state index in [1.54, 1.807) is 0 Å². The lowest BCUT2D eigenvalue weighted by molar-refractivity contribution is 0.590. The summed E-state index contributed by atoms with van der Waals surface area (Å²) in [6, 6.07) is 45.8. The minimum absolute atomic E-state index is 0.0640. The summed E-state index contributed by atoms with van der Waals surface area (Å²) in [7, 11) is 0. The molecule has 0 heterocycles. The van der Waals surface area contributed by atoms with E-state index >= 15 is 0 Å². The molecule has 0 amide bonds. The summed E-state index contributed by atoms with van der Waals surface area (Å²) in [5.41, 5.74) is 8.49. The molecule has 7 aromatic rings. The molecule has 7 rings (SSSR count). The maximum atomic E-state index is 2.50. The van der Waals surface area contributed by atoms with Gasteiger partial charge in [-0.25, -0.2) is 0 Å². The highest BCUT2D eigenvalue weighted by molar-refractivity contribution is 6.07. The van der Waals surface area contributed by atoms with Gasteiger partial charge in [0.1, 0.15) is 0 Å². The number of rotatable bonds is 4. The van der Waals surface area contributed by atoms with Crippen molar-refractivity contribution in [3.63, 3.8) is 0 Å². The summed E-state index contributed by atoms with van der Waals surface area (Å²) < 4.78 is 0. The van der Waals surface area contributed by atoms with E-state index in [4.69, 9.17) is 0 Å². The van der Waals surface area contributed by atoms with Crippen LogP contribution < -0.4 is 0 Å². The first kappa shape index (κ1) is 28.4. The molecule has 0 unspecified atom stereocenters. The molecule has 0 fully saturated rings. The van der Waals surface area contributed by atoms with Gasteiger partial charge in [0.15, 0.2) is 0 Å². The Labute approximate surface area is 262 Å². The van der Waals surface area contributed by atoms with E-state index in [0.717, 1.165) is 12.8 Å². The van der Waals surface area contributed by atoms with Gasteiger partial charge in [-0.2, -0.15) is 0 Å². The molecule has 0 radical (unpaired) electrons. The topological polar surface area (TPSA) is 0 Å². The number of fused-ring (bicyclic) bond motifs is 4. The SMILES string of the molecule is CC(C)(C)c1ccc2c(Cc3cccc4ccccc34)c3cc(C(C)(C)C)ccc3c(Cc3ccc4ccccc4c3)c2c1. The molecule has 218 valence electrons. The van der Waals surface area contributed by atoms with Crippen LogP contribution in [0.1, 0.15) is 74.9 Å². The average Bonchev–Trinajstić information content (AvgIpc) is 3.01. The van der Waals surface area contributed by atoms with E-state index in [1.165, 1.54) is 76.5 Å². The van der Waals surface area contributed by atoms with Crippen LogP contribution in [0.4, 0.5) is 0 Å². The fourth-order valence-electron chi connectivity index (χ4n) is 6.91. The summed E-state index contributed by atoms with van der Waals surface area (Å²) in [5.74, 6) is 0. The maximum absolute atomic E-state index is 2.50. The molecule has 0 saturated carbocycles. The third-order valence-corrected chi connectivity index (χ3v) is 9.51. The van der Waals surface area contributed by atoms with Crippen LogP contribution >= 0.6 is 0 Å². The molecule has 0 spiro atoms. The standard InChI is InChI=1S/C44H42/c1-43(2,3)34-21-23-38-40(26-33-16-11-15-31-13-9-10-17-36(31)33)42-28-35(44(4,5)6)20-22-37(42)39(41(38)27-34)25-29-18-19-30-12-7-8-14-32(30)24-29/h7-24,27-28H,25-26H2,1-6H3. The molecule has 0 aliphatic carbocycles. The zero-order chi connectivity index (χ0) is 30.6. The van der Waals surface area contributed by atoms with Gasteiger partial charge in [-0.1, -0.05) is 163 Å². The van der Waals surface area contributed by atoms with Crippen molar-refractivity contribution in [2.75, 3.05) is 0 Å². The maximum Gasteiger partial charge on any atom is -0.000728 e. The predicted octanol–water partition coefficient (Wildman–Crippen LogP) is 12.1. The Kier molecular flexibility index (Phi) is 6.85. The molecular weight excluding hydrogens is 528 g/mol. The molecule has 0 nitrogen and oxygen atoms in total. The highest BCUT2D eigenvalue weighted by atomic mass is 14.3. The van der Waals surface area contributed by atoms with Crippen LogP contribution in [0.25, 0.3) is 43.1 Å². The fourth-order valence-corrected chi connectivity index (χ4v) is 6.91. The minimum atomic E-state index is 0.0640. The summed E-state index contributed by atoms with van der Waals surface area (Å²) in [6.07, 6.45) is 1.79. The van der Waals surface area contributed by atoms with E-state index in [0.29, 0.717) is 0 Å². The van der Waals surface area contributed by atoms with Gasteiger partial charge in [-0.05, 0) is 100 Å². The lowest BCUT2D eigenvalue weighted by atomic mass is 9.79. The Morgan fingerprint density at radius 2 is 0.932 bits per heavy atom. The van der Waals surface area contributed by atoms with E-state index in [1.807, 2.05) is 0 Å². The van der Waals surface area contributed by atoms with Crippen molar-refractivity contribution in [2.24, 2.45) is 0 Å². The zero-order valence-electron chi connectivity index (χ0n) is 27.0. The molecule has 0 aliphatic rings. The highest BCUT2D eigenvalue weighted by Crippen LogP contribution is 2.40. The van der Waals surface area contributed by atoms with Crippen LogP contribution in [0.3, 0.4) is 0 Å². The van der Waals surface area contributed by atoms with Crippen LogP contribution in [-0.2, 0) is 23.7 Å². The van der Waals surface area contributed by atoms with Crippen molar-refractivity contribution >= 4 is 43.1 Å². The largest absolute Gasteiger partial charge is 0.0616 e. The average molecular weight is 571 g/mol. The first-order chi connectivity index (χ1) is 21.1. The second-order valence-corrected chi connectivity index (χ2v) is 14.7. The van der Waals surface area contributed by atoms with Crippen molar-refractivity contribution in [1.82, 2.24) is 0 Å². The molecular formula is C44H42. The molecule has 7 aromatic carbocycles. The zero-order valence-corrected chi connectivity index (χ0v) is 27.0. The molecule has 0 aromatic heterocycles. The third-order valence-electron chi connectivity index (χ3n) is 9.51. The van der Waals surface area contributed by atoms with Crippen LogP contribution in [-0.4, -0.2) is 0 Å². The van der Waals surface area contributed by atoms with E-state index < -0.39 is 0 Å². The summed E-state index contributed by atoms with van der Waals surface area (Å²) >= 11 is 0. The Morgan fingerprint density at radius 1 is 0.386 bits per heavy atom. The Balaban J connectivity index is 1.54. The summed E-state index contributed by atoms with van der Waals surface area (Å²) in [6.45, 7) is 13.9. The predicted molar refractivity (Wildman–Crippen MR) is 192 cm³/mol. The van der Waals surface area contributed by atoms with Crippen molar-refractivity contribution in [1.29, 1.82) is 0 Å². The van der Waals surface area contributed by atoms with Crippen molar-refractivity contribution in [3.05, 3.63) is 155 Å². The van der Waals surface area contributed by atoms with Gasteiger partial charge >= 0.3 is 0 Å². The van der Waals surface area contributed by atoms with Gasteiger partial charge in [0, 0.05) is 0 Å². The molecule has 0 aliphatic heterocycles. The van der Waals surface area contributed by atoms with Crippen LogP contribution in [0.15, 0.2) is 121 Å². The Hall–Kier alpha value is -4.42. The quantitative estimate of drug-likeness (QED) is 0.185. The summed E-state index contributed by atoms with van der Waals surface area (Å²) in [4.78, 5) is 0. The van der Waals surface area contributed by atoms with Crippen LogP contribution in [0.2, 0.25) is 0 Å². The lowest BCUT2D eigenvalue weighted by Crippen LogP contribution is -2.12. The Bertz CT molecular complexity index is 2170. The second kappa shape index (κ2) is 10.6. The number of hydrogen-bond acceptors (Lipinski definition) is 0. The van der Waals surface area contributed by atoms with E-state index in [2.05, 4.69) is 163 Å². The molecule has 44 heavy (non-hydrogen) atoms. The molecule has 0 heteroatoms. The molecule has 0 saturated heterocycles. The van der Waals surface area contributed by atoms with Crippen molar-refractivity contribution in [2.45, 2.75) is 65.2 Å². The highest BCUT2D eigenvalue weighted by Gasteiger charge is 2.22. The van der Waals surface area contributed by atoms with Gasteiger partial charge in [-0.3, -0.25) is 0 Å². The first-order valence-corrected chi connectivity index (χ1v) is 16.0. The summed E-state index contributed by atoms with van der Waals surface area (Å²) in [5, 5.41) is 10.8. The normalized spacial score (nSPS) is 12.5. The van der Waals surface area contributed by atoms with E-state index in [-0.39, 0.29) is 10.8 Å². The monoisotopic (exact) mass is 570 g/mol. The van der Waals surface area contributed by atoms with Gasteiger partial charge in [0.2, 0.25) is 0 Å². The smallest absolute Gasteiger partial charge is 0.000728 e. The third kappa shape index (κ3) is 5.17. The van der Waals surface area contributed by atoms with Crippen LogP contribution in [0, 0.1) is 0 Å². The van der Waals surface area contributed by atoms with Crippen molar-refractivity contribution in [3.8, 4) is 0 Å². The first-order valence-electron chi connectivity index (χ1n) is 16.0. The van der Waals surface area contributed by atoms with Gasteiger partial charge < -0.3 is 0 Å². The molecule has 0 bridgehead atoms.